The van der Waals surface area contributed by atoms with Crippen LogP contribution in [-0.2, 0) is 4.79 Å². The first-order valence-corrected chi connectivity index (χ1v) is 9.58. The molecular weight excluding hydrogens is 350 g/mol. The number of aromatic nitrogens is 1. The molecule has 1 fully saturated rings. The van der Waals surface area contributed by atoms with E-state index in [0.717, 1.165) is 40.6 Å². The summed E-state index contributed by atoms with van der Waals surface area (Å²) in [5.41, 5.74) is 10.2. The van der Waals surface area contributed by atoms with Crippen molar-refractivity contribution in [1.82, 2.24) is 9.88 Å². The predicted octanol–water partition coefficient (Wildman–Crippen LogP) is 3.55. The van der Waals surface area contributed by atoms with Gasteiger partial charge in [-0.05, 0) is 61.2 Å². The van der Waals surface area contributed by atoms with Gasteiger partial charge in [0.05, 0.1) is 11.4 Å². The summed E-state index contributed by atoms with van der Waals surface area (Å²) < 4.78 is 0. The molecule has 0 bridgehead atoms. The van der Waals surface area contributed by atoms with E-state index in [1.807, 2.05) is 49.4 Å². The normalized spacial score (nSPS) is 16.9. The Morgan fingerprint density at radius 3 is 2.54 bits per heavy atom. The second-order valence-electron chi connectivity index (χ2n) is 7.43. The lowest BCUT2D eigenvalue weighted by Gasteiger charge is -2.31. The van der Waals surface area contributed by atoms with Gasteiger partial charge in [-0.2, -0.15) is 0 Å². The lowest BCUT2D eigenvalue weighted by atomic mass is 9.96. The van der Waals surface area contributed by atoms with Crippen molar-refractivity contribution >= 4 is 22.7 Å². The van der Waals surface area contributed by atoms with Crippen LogP contribution in [0.5, 0.6) is 0 Å². The number of benzene rings is 2. The number of hydrogen-bond acceptors (Lipinski definition) is 3. The number of amides is 2. The molecule has 0 spiro atoms. The van der Waals surface area contributed by atoms with Crippen molar-refractivity contribution in [1.29, 1.82) is 0 Å². The van der Waals surface area contributed by atoms with E-state index in [9.17, 15) is 9.59 Å². The number of nitrogens with two attached hydrogens (primary N) is 1. The molecule has 1 saturated heterocycles. The fraction of sp³-hybridized carbons (Fsp3) is 0.261. The van der Waals surface area contributed by atoms with Gasteiger partial charge in [-0.3, -0.25) is 14.6 Å². The third kappa shape index (κ3) is 3.60. The lowest BCUT2D eigenvalue weighted by Crippen LogP contribution is -2.44. The fourth-order valence-corrected chi connectivity index (χ4v) is 3.79. The first kappa shape index (κ1) is 18.2. The maximum Gasteiger partial charge on any atom is 0.253 e. The smallest absolute Gasteiger partial charge is 0.253 e. The first-order valence-electron chi connectivity index (χ1n) is 9.58. The molecule has 0 saturated carbocycles. The van der Waals surface area contributed by atoms with E-state index in [2.05, 4.69) is 17.1 Å². The van der Waals surface area contributed by atoms with Gasteiger partial charge in [0.1, 0.15) is 0 Å². The van der Waals surface area contributed by atoms with Gasteiger partial charge in [-0.25, -0.2) is 0 Å². The Balaban J connectivity index is 1.54. The van der Waals surface area contributed by atoms with Gasteiger partial charge in [-0.1, -0.05) is 24.3 Å². The van der Waals surface area contributed by atoms with Crippen molar-refractivity contribution in [2.45, 2.75) is 19.8 Å². The van der Waals surface area contributed by atoms with Crippen LogP contribution in [0.2, 0.25) is 0 Å². The van der Waals surface area contributed by atoms with Crippen molar-refractivity contribution in [2.24, 2.45) is 11.7 Å². The average molecular weight is 373 g/mol. The van der Waals surface area contributed by atoms with Crippen LogP contribution in [0.4, 0.5) is 0 Å². The Morgan fingerprint density at radius 1 is 1.04 bits per heavy atom. The topological polar surface area (TPSA) is 76.3 Å². The van der Waals surface area contributed by atoms with Crippen molar-refractivity contribution in [2.75, 3.05) is 13.1 Å². The highest BCUT2D eigenvalue weighted by Crippen LogP contribution is 2.25. The molecule has 28 heavy (non-hydrogen) atoms. The number of rotatable bonds is 3. The molecule has 2 N–H and O–H groups in total. The molecule has 5 heteroatoms. The van der Waals surface area contributed by atoms with Gasteiger partial charge in [0.15, 0.2) is 0 Å². The summed E-state index contributed by atoms with van der Waals surface area (Å²) in [7, 11) is 0. The van der Waals surface area contributed by atoms with Crippen LogP contribution in [-0.4, -0.2) is 34.8 Å². The molecule has 0 aliphatic carbocycles. The number of pyridine rings is 1. The van der Waals surface area contributed by atoms with E-state index in [0.29, 0.717) is 18.7 Å². The van der Waals surface area contributed by atoms with Crippen molar-refractivity contribution < 1.29 is 9.59 Å². The predicted molar refractivity (Wildman–Crippen MR) is 110 cm³/mol. The minimum Gasteiger partial charge on any atom is -0.369 e. The Morgan fingerprint density at radius 2 is 1.79 bits per heavy atom. The number of fused-ring (bicyclic) bond motifs is 1. The first-order chi connectivity index (χ1) is 13.5. The highest BCUT2D eigenvalue weighted by Gasteiger charge is 2.27. The van der Waals surface area contributed by atoms with Crippen LogP contribution in [0.1, 0.15) is 28.9 Å². The SMILES string of the molecule is Cc1ccc2cc(-c3ccc(C(=O)N4CCC[C@H](C(N)=O)C4)cc3)ccc2n1. The molecule has 1 aliphatic rings. The number of primary amides is 1. The van der Waals surface area contributed by atoms with Crippen LogP contribution in [0.3, 0.4) is 0 Å². The zero-order chi connectivity index (χ0) is 19.7. The molecule has 1 atom stereocenters. The molecule has 4 rings (SSSR count). The van der Waals surface area contributed by atoms with Crippen molar-refractivity contribution in [3.8, 4) is 11.1 Å². The summed E-state index contributed by atoms with van der Waals surface area (Å²) in [5.74, 6) is -0.614. The molecule has 142 valence electrons. The van der Waals surface area contributed by atoms with Gasteiger partial charge in [0.2, 0.25) is 5.91 Å². The van der Waals surface area contributed by atoms with Gasteiger partial charge < -0.3 is 10.6 Å². The third-order valence-corrected chi connectivity index (χ3v) is 5.40. The maximum absolute atomic E-state index is 12.8. The zero-order valence-electron chi connectivity index (χ0n) is 15.9. The van der Waals surface area contributed by atoms with Gasteiger partial charge in [-0.15, -0.1) is 0 Å². The van der Waals surface area contributed by atoms with Crippen molar-refractivity contribution in [3.05, 3.63) is 65.9 Å². The highest BCUT2D eigenvalue weighted by molar-refractivity contribution is 5.95. The van der Waals surface area contributed by atoms with E-state index in [1.54, 1.807) is 4.90 Å². The van der Waals surface area contributed by atoms with E-state index < -0.39 is 0 Å². The second kappa shape index (κ2) is 7.43. The summed E-state index contributed by atoms with van der Waals surface area (Å²) in [4.78, 5) is 30.5. The summed E-state index contributed by atoms with van der Waals surface area (Å²) in [6, 6.07) is 17.9. The standard InChI is InChI=1S/C23H23N3O2/c1-15-4-5-19-13-18(10-11-21(19)25-15)16-6-8-17(9-7-16)23(28)26-12-2-3-20(14-26)22(24)27/h4-11,13,20H,2-3,12,14H2,1H3,(H2,24,27)/t20-/m0/s1. The van der Waals surface area contributed by atoms with E-state index >= 15 is 0 Å². The molecular formula is C23H23N3O2. The Hall–Kier alpha value is -3.21. The maximum atomic E-state index is 12.8. The van der Waals surface area contributed by atoms with E-state index in [4.69, 9.17) is 5.73 Å². The molecule has 2 heterocycles. The number of carbonyl (C=O) groups is 2. The quantitative estimate of drug-likeness (QED) is 0.763. The Kier molecular flexibility index (Phi) is 4.82. The lowest BCUT2D eigenvalue weighted by molar-refractivity contribution is -0.123. The summed E-state index contributed by atoms with van der Waals surface area (Å²) >= 11 is 0. The minimum atomic E-state index is -0.325. The van der Waals surface area contributed by atoms with Gasteiger partial charge in [0, 0.05) is 29.7 Å². The molecule has 1 aliphatic heterocycles. The van der Waals surface area contributed by atoms with Crippen molar-refractivity contribution in [3.63, 3.8) is 0 Å². The number of carbonyl (C=O) groups excluding carboxylic acids is 2. The Bertz CT molecular complexity index is 1040. The molecule has 2 aromatic carbocycles. The number of piperidine rings is 1. The zero-order valence-corrected chi connectivity index (χ0v) is 15.9. The summed E-state index contributed by atoms with van der Waals surface area (Å²) in [6.07, 6.45) is 1.57. The number of nitrogens with zero attached hydrogens (tertiary/aromatic N) is 2. The third-order valence-electron chi connectivity index (χ3n) is 5.40. The molecule has 0 unspecified atom stereocenters. The van der Waals surface area contributed by atoms with Crippen LogP contribution in [0.25, 0.3) is 22.0 Å². The molecule has 3 aromatic rings. The minimum absolute atomic E-state index is 0.0457. The second-order valence-corrected chi connectivity index (χ2v) is 7.43. The number of likely N-dealkylation sites (tertiary alicyclic amines) is 1. The molecule has 1 aromatic heterocycles. The Labute approximate surface area is 164 Å². The summed E-state index contributed by atoms with van der Waals surface area (Å²) in [5, 5.41) is 1.09. The van der Waals surface area contributed by atoms with Crippen LogP contribution in [0.15, 0.2) is 54.6 Å². The largest absolute Gasteiger partial charge is 0.369 e. The van der Waals surface area contributed by atoms with Gasteiger partial charge in [0.25, 0.3) is 5.91 Å². The molecule has 2 amide bonds. The van der Waals surface area contributed by atoms with Crippen LogP contribution >= 0.6 is 0 Å². The summed E-state index contributed by atoms with van der Waals surface area (Å²) in [6.45, 7) is 3.06. The highest BCUT2D eigenvalue weighted by atomic mass is 16.2. The number of aryl methyl sites for hydroxylation is 1. The van der Waals surface area contributed by atoms with Crippen LogP contribution < -0.4 is 5.73 Å². The molecule has 0 radical (unpaired) electrons. The average Bonchev–Trinajstić information content (AvgIpc) is 2.73. The van der Waals surface area contributed by atoms with E-state index in [-0.39, 0.29) is 17.7 Å². The number of hydrogen-bond donors (Lipinski definition) is 1. The fourth-order valence-electron chi connectivity index (χ4n) is 3.79. The monoisotopic (exact) mass is 373 g/mol. The van der Waals surface area contributed by atoms with Crippen LogP contribution in [0, 0.1) is 12.8 Å². The molecule has 5 nitrogen and oxygen atoms in total. The van der Waals surface area contributed by atoms with E-state index in [1.165, 1.54) is 0 Å². The van der Waals surface area contributed by atoms with Gasteiger partial charge >= 0.3 is 0 Å².